The van der Waals surface area contributed by atoms with Crippen LogP contribution in [0.4, 0.5) is 4.39 Å². The van der Waals surface area contributed by atoms with Crippen LogP contribution in [0.2, 0.25) is 0 Å². The van der Waals surface area contributed by atoms with Gasteiger partial charge in [-0.05, 0) is 31.2 Å². The smallest absolute Gasteiger partial charge is 0.297 e. The molecule has 5 nitrogen and oxygen atoms in total. The van der Waals surface area contributed by atoms with Crippen LogP contribution in [0.1, 0.15) is 5.56 Å². The van der Waals surface area contributed by atoms with Crippen molar-refractivity contribution in [1.29, 1.82) is 0 Å². The molecule has 0 fully saturated rings. The normalized spacial score (nSPS) is 17.0. The first-order chi connectivity index (χ1) is 10.9. The van der Waals surface area contributed by atoms with E-state index < -0.39 is 22.0 Å². The monoisotopic (exact) mass is 338 g/mol. The van der Waals surface area contributed by atoms with Gasteiger partial charge in [0, 0.05) is 6.07 Å². The predicted molar refractivity (Wildman–Crippen MR) is 80.6 cm³/mol. The van der Waals surface area contributed by atoms with Crippen LogP contribution >= 0.6 is 0 Å². The molecule has 0 aliphatic carbocycles. The minimum absolute atomic E-state index is 0.0832. The first-order valence-electron chi connectivity index (χ1n) is 6.99. The van der Waals surface area contributed by atoms with E-state index in [4.69, 9.17) is 13.7 Å². The molecule has 0 N–H and O–H groups in total. The third kappa shape index (κ3) is 3.62. The predicted octanol–water partition coefficient (Wildman–Crippen LogP) is 2.68. The van der Waals surface area contributed by atoms with Crippen molar-refractivity contribution < 1.29 is 26.5 Å². The summed E-state index contributed by atoms with van der Waals surface area (Å²) in [4.78, 5) is 0.0855. The van der Waals surface area contributed by atoms with Crippen molar-refractivity contribution in [2.75, 3.05) is 13.2 Å². The molecule has 2 aromatic carbocycles. The van der Waals surface area contributed by atoms with Crippen molar-refractivity contribution in [1.82, 2.24) is 0 Å². The zero-order valence-corrected chi connectivity index (χ0v) is 13.2. The lowest BCUT2D eigenvalue weighted by Gasteiger charge is -2.26. The number of aryl methyl sites for hydroxylation is 1. The molecule has 0 radical (unpaired) electrons. The van der Waals surface area contributed by atoms with Crippen LogP contribution in [0.5, 0.6) is 11.5 Å². The van der Waals surface area contributed by atoms with E-state index in [1.165, 1.54) is 30.3 Å². The van der Waals surface area contributed by atoms with Gasteiger partial charge in [-0.1, -0.05) is 17.7 Å². The summed E-state index contributed by atoms with van der Waals surface area (Å²) >= 11 is 0. The van der Waals surface area contributed by atoms with Gasteiger partial charge in [-0.2, -0.15) is 8.42 Å². The highest BCUT2D eigenvalue weighted by atomic mass is 32.2. The summed E-state index contributed by atoms with van der Waals surface area (Å²) in [7, 11) is -3.86. The molecule has 23 heavy (non-hydrogen) atoms. The SMILES string of the molecule is Cc1ccc(S(=O)(=O)OC[C@H]2COc3cc(F)ccc3O2)cc1. The number of rotatable bonds is 4. The average Bonchev–Trinajstić information content (AvgIpc) is 2.53. The molecule has 7 heteroatoms. The Morgan fingerprint density at radius 2 is 1.91 bits per heavy atom. The van der Waals surface area contributed by atoms with E-state index in [0.29, 0.717) is 11.5 Å². The van der Waals surface area contributed by atoms with Crippen molar-refractivity contribution in [3.8, 4) is 11.5 Å². The number of fused-ring (bicyclic) bond motifs is 1. The Balaban J connectivity index is 1.65. The average molecular weight is 338 g/mol. The van der Waals surface area contributed by atoms with Gasteiger partial charge in [0.25, 0.3) is 10.1 Å². The van der Waals surface area contributed by atoms with Gasteiger partial charge in [0.15, 0.2) is 17.6 Å². The van der Waals surface area contributed by atoms with Crippen molar-refractivity contribution in [2.24, 2.45) is 0 Å². The summed E-state index contributed by atoms with van der Waals surface area (Å²) in [6, 6.07) is 10.3. The Morgan fingerprint density at radius 3 is 2.65 bits per heavy atom. The summed E-state index contributed by atoms with van der Waals surface area (Å²) in [6.45, 7) is 1.76. The Kier molecular flexibility index (Phi) is 4.23. The highest BCUT2D eigenvalue weighted by molar-refractivity contribution is 7.86. The maximum Gasteiger partial charge on any atom is 0.297 e. The zero-order chi connectivity index (χ0) is 16.4. The van der Waals surface area contributed by atoms with Crippen LogP contribution < -0.4 is 9.47 Å². The number of benzene rings is 2. The summed E-state index contributed by atoms with van der Waals surface area (Å²) in [6.07, 6.45) is -0.590. The minimum atomic E-state index is -3.86. The molecule has 0 aromatic heterocycles. The summed E-state index contributed by atoms with van der Waals surface area (Å²) < 4.78 is 53.2. The van der Waals surface area contributed by atoms with E-state index in [1.54, 1.807) is 12.1 Å². The van der Waals surface area contributed by atoms with E-state index in [2.05, 4.69) is 0 Å². The van der Waals surface area contributed by atoms with Crippen molar-refractivity contribution in [3.63, 3.8) is 0 Å². The number of halogens is 1. The number of hydrogen-bond donors (Lipinski definition) is 0. The zero-order valence-electron chi connectivity index (χ0n) is 12.4. The van der Waals surface area contributed by atoms with E-state index in [1.807, 2.05) is 6.92 Å². The van der Waals surface area contributed by atoms with Gasteiger partial charge in [-0.25, -0.2) is 4.39 Å². The van der Waals surface area contributed by atoms with Gasteiger partial charge >= 0.3 is 0 Å². The number of hydrogen-bond acceptors (Lipinski definition) is 5. The van der Waals surface area contributed by atoms with E-state index in [-0.39, 0.29) is 18.1 Å². The van der Waals surface area contributed by atoms with E-state index in [0.717, 1.165) is 5.56 Å². The van der Waals surface area contributed by atoms with Crippen LogP contribution in [-0.4, -0.2) is 27.7 Å². The van der Waals surface area contributed by atoms with Crippen molar-refractivity contribution in [3.05, 3.63) is 53.8 Å². The molecule has 1 atom stereocenters. The van der Waals surface area contributed by atoms with Gasteiger partial charge in [-0.15, -0.1) is 0 Å². The molecular weight excluding hydrogens is 323 g/mol. The van der Waals surface area contributed by atoms with E-state index in [9.17, 15) is 12.8 Å². The maximum atomic E-state index is 13.1. The largest absolute Gasteiger partial charge is 0.486 e. The van der Waals surface area contributed by atoms with Crippen molar-refractivity contribution in [2.45, 2.75) is 17.9 Å². The molecule has 0 bridgehead atoms. The standard InChI is InChI=1S/C16H15FO5S/c1-11-2-5-14(6-3-11)23(18,19)21-10-13-9-20-16-8-12(17)4-7-15(16)22-13/h2-8,13H,9-10H2,1H3/t13-/m1/s1. The number of ether oxygens (including phenoxy) is 2. The van der Waals surface area contributed by atoms with Gasteiger partial charge < -0.3 is 9.47 Å². The fraction of sp³-hybridized carbons (Fsp3) is 0.250. The van der Waals surface area contributed by atoms with Crippen LogP contribution in [-0.2, 0) is 14.3 Å². The Hall–Kier alpha value is -2.12. The molecular formula is C16H15FO5S. The molecule has 0 spiro atoms. The van der Waals surface area contributed by atoms with Crippen LogP contribution in [0.25, 0.3) is 0 Å². The highest BCUT2D eigenvalue weighted by Crippen LogP contribution is 2.32. The summed E-state index contributed by atoms with van der Waals surface area (Å²) in [5.41, 5.74) is 0.955. The molecule has 122 valence electrons. The quantitative estimate of drug-likeness (QED) is 0.802. The van der Waals surface area contributed by atoms with Crippen LogP contribution in [0, 0.1) is 12.7 Å². The van der Waals surface area contributed by atoms with E-state index >= 15 is 0 Å². The van der Waals surface area contributed by atoms with Gasteiger partial charge in [0.05, 0.1) is 4.90 Å². The molecule has 2 aromatic rings. The third-order valence-corrected chi connectivity index (χ3v) is 4.64. The molecule has 0 amide bonds. The molecule has 0 unspecified atom stereocenters. The van der Waals surface area contributed by atoms with Crippen molar-refractivity contribution >= 4 is 10.1 Å². The molecule has 1 aliphatic heterocycles. The van der Waals surface area contributed by atoms with Gasteiger partial charge in [-0.3, -0.25) is 4.18 Å². The lowest BCUT2D eigenvalue weighted by Crippen LogP contribution is -2.34. The van der Waals surface area contributed by atoms with Crippen LogP contribution in [0.3, 0.4) is 0 Å². The molecule has 1 heterocycles. The lowest BCUT2D eigenvalue weighted by molar-refractivity contribution is 0.0551. The van der Waals surface area contributed by atoms with Gasteiger partial charge in [0.1, 0.15) is 19.0 Å². The van der Waals surface area contributed by atoms with Crippen LogP contribution in [0.15, 0.2) is 47.4 Å². The lowest BCUT2D eigenvalue weighted by atomic mass is 10.2. The molecule has 0 saturated heterocycles. The first-order valence-corrected chi connectivity index (χ1v) is 8.40. The molecule has 0 saturated carbocycles. The third-order valence-electron chi connectivity index (χ3n) is 3.34. The molecule has 3 rings (SSSR count). The molecule has 1 aliphatic rings. The second kappa shape index (κ2) is 6.17. The Bertz CT molecular complexity index is 802. The Morgan fingerprint density at radius 1 is 1.17 bits per heavy atom. The topological polar surface area (TPSA) is 61.8 Å². The summed E-state index contributed by atoms with van der Waals surface area (Å²) in [5, 5.41) is 0. The summed E-state index contributed by atoms with van der Waals surface area (Å²) in [5.74, 6) is 0.227. The fourth-order valence-electron chi connectivity index (χ4n) is 2.11. The fourth-order valence-corrected chi connectivity index (χ4v) is 3.05. The first kappa shape index (κ1) is 15.8. The van der Waals surface area contributed by atoms with Gasteiger partial charge in [0.2, 0.25) is 0 Å². The second-order valence-electron chi connectivity index (χ2n) is 5.19. The Labute approximate surface area is 133 Å². The minimum Gasteiger partial charge on any atom is -0.486 e. The highest BCUT2D eigenvalue weighted by Gasteiger charge is 2.25. The second-order valence-corrected chi connectivity index (χ2v) is 6.81. The maximum absolute atomic E-state index is 13.1.